The van der Waals surface area contributed by atoms with Crippen molar-refractivity contribution in [2.75, 3.05) is 26.2 Å². The number of benzene rings is 1. The van der Waals surface area contributed by atoms with Gasteiger partial charge in [-0.2, -0.15) is 5.10 Å². The summed E-state index contributed by atoms with van der Waals surface area (Å²) in [6, 6.07) is 10.1. The molecule has 2 aromatic rings. The predicted octanol–water partition coefficient (Wildman–Crippen LogP) is 3.39. The van der Waals surface area contributed by atoms with E-state index in [1.807, 2.05) is 41.2 Å². The smallest absolute Gasteiger partial charge is 0.191 e. The number of aromatic nitrogens is 2. The van der Waals surface area contributed by atoms with Gasteiger partial charge in [-0.1, -0.05) is 31.5 Å². The fourth-order valence-electron chi connectivity index (χ4n) is 3.02. The van der Waals surface area contributed by atoms with Crippen molar-refractivity contribution in [2.24, 2.45) is 10.9 Å². The summed E-state index contributed by atoms with van der Waals surface area (Å²) in [7, 11) is 0. The van der Waals surface area contributed by atoms with Crippen molar-refractivity contribution in [1.82, 2.24) is 20.4 Å². The molecule has 3 N–H and O–H groups in total. The maximum absolute atomic E-state index is 9.20. The van der Waals surface area contributed by atoms with E-state index < -0.39 is 0 Å². The van der Waals surface area contributed by atoms with E-state index >= 15 is 0 Å². The van der Waals surface area contributed by atoms with E-state index in [0.717, 1.165) is 57.0 Å². The summed E-state index contributed by atoms with van der Waals surface area (Å²) in [4.78, 5) is 4.70. The molecule has 0 aliphatic rings. The second-order valence-corrected chi connectivity index (χ2v) is 6.69. The van der Waals surface area contributed by atoms with Crippen LogP contribution in [0.3, 0.4) is 0 Å². The molecule has 0 amide bonds. The lowest BCUT2D eigenvalue weighted by atomic mass is 10.0. The lowest BCUT2D eigenvalue weighted by Crippen LogP contribution is -2.38. The van der Waals surface area contributed by atoms with Gasteiger partial charge < -0.3 is 15.7 Å². The van der Waals surface area contributed by atoms with Crippen LogP contribution in [0.15, 0.2) is 47.7 Å². The number of aliphatic imine (C=N–C) groups is 1. The van der Waals surface area contributed by atoms with Crippen molar-refractivity contribution in [1.29, 1.82) is 0 Å². The molecule has 156 valence electrons. The SMILES string of the molecule is CCCC(CCO)CN=C(NCC)NCCc1cnn(-c2ccccc2)c1.I. The van der Waals surface area contributed by atoms with Crippen molar-refractivity contribution in [3.8, 4) is 5.69 Å². The maximum atomic E-state index is 9.20. The van der Waals surface area contributed by atoms with E-state index in [0.29, 0.717) is 5.92 Å². The Balaban J connectivity index is 0.00000392. The van der Waals surface area contributed by atoms with Gasteiger partial charge in [0.2, 0.25) is 0 Å². The molecule has 1 unspecified atom stereocenters. The minimum Gasteiger partial charge on any atom is -0.396 e. The summed E-state index contributed by atoms with van der Waals surface area (Å²) in [6.45, 7) is 6.84. The number of halogens is 1. The van der Waals surface area contributed by atoms with Crippen molar-refractivity contribution in [3.63, 3.8) is 0 Å². The number of nitrogens with zero attached hydrogens (tertiary/aromatic N) is 3. The number of nitrogens with one attached hydrogen (secondary N) is 2. The van der Waals surface area contributed by atoms with Gasteiger partial charge >= 0.3 is 0 Å². The number of para-hydroxylation sites is 1. The monoisotopic (exact) mass is 499 g/mol. The Labute approximate surface area is 185 Å². The lowest BCUT2D eigenvalue weighted by Gasteiger charge is -2.15. The van der Waals surface area contributed by atoms with Crippen molar-refractivity contribution in [3.05, 3.63) is 48.3 Å². The molecule has 0 aliphatic heterocycles. The average Bonchev–Trinajstić information content (AvgIpc) is 3.16. The predicted molar refractivity (Wildman–Crippen MR) is 127 cm³/mol. The van der Waals surface area contributed by atoms with Crippen molar-refractivity contribution < 1.29 is 5.11 Å². The van der Waals surface area contributed by atoms with Gasteiger partial charge in [0, 0.05) is 32.4 Å². The molecule has 0 fully saturated rings. The Morgan fingerprint density at radius 2 is 1.96 bits per heavy atom. The maximum Gasteiger partial charge on any atom is 0.191 e. The Hall–Kier alpha value is -1.61. The second-order valence-electron chi connectivity index (χ2n) is 6.69. The zero-order valence-electron chi connectivity index (χ0n) is 17.0. The van der Waals surface area contributed by atoms with Crippen LogP contribution in [-0.2, 0) is 6.42 Å². The molecule has 2 rings (SSSR count). The minimum absolute atomic E-state index is 0. The number of aliphatic hydroxyl groups excluding tert-OH is 1. The summed E-state index contributed by atoms with van der Waals surface area (Å²) < 4.78 is 1.90. The lowest BCUT2D eigenvalue weighted by molar-refractivity contribution is 0.253. The molecule has 1 aromatic carbocycles. The highest BCUT2D eigenvalue weighted by Gasteiger charge is 2.07. The van der Waals surface area contributed by atoms with E-state index in [4.69, 9.17) is 4.99 Å². The summed E-state index contributed by atoms with van der Waals surface area (Å²) in [5.74, 6) is 1.28. The summed E-state index contributed by atoms with van der Waals surface area (Å²) in [5.41, 5.74) is 2.25. The molecule has 1 aromatic heterocycles. The van der Waals surface area contributed by atoms with E-state index in [-0.39, 0.29) is 30.6 Å². The molecule has 0 spiro atoms. The number of hydrogen-bond acceptors (Lipinski definition) is 3. The number of rotatable bonds is 11. The Morgan fingerprint density at radius 1 is 1.18 bits per heavy atom. The van der Waals surface area contributed by atoms with Gasteiger partial charge in [0.1, 0.15) is 0 Å². The van der Waals surface area contributed by atoms with Crippen LogP contribution >= 0.6 is 24.0 Å². The zero-order chi connectivity index (χ0) is 19.3. The number of guanidine groups is 1. The van der Waals surface area contributed by atoms with Crippen LogP contribution in [0.5, 0.6) is 0 Å². The highest BCUT2D eigenvalue weighted by molar-refractivity contribution is 14.0. The van der Waals surface area contributed by atoms with Crippen LogP contribution in [-0.4, -0.2) is 47.1 Å². The van der Waals surface area contributed by atoms with E-state index in [2.05, 4.69) is 35.8 Å². The quantitative estimate of drug-likeness (QED) is 0.252. The van der Waals surface area contributed by atoms with E-state index in [1.165, 1.54) is 5.56 Å². The first-order chi connectivity index (χ1) is 13.3. The van der Waals surface area contributed by atoms with Crippen LogP contribution in [0.25, 0.3) is 5.69 Å². The standard InChI is InChI=1S/C21H33N5O.HI/c1-3-8-18(12-14-27)15-24-21(22-4-2)23-13-11-19-16-25-26(17-19)20-9-6-5-7-10-20;/h5-7,9-10,16-18,27H,3-4,8,11-15H2,1-2H3,(H2,22,23,24);1H. The molecule has 6 nitrogen and oxygen atoms in total. The van der Waals surface area contributed by atoms with E-state index in [1.54, 1.807) is 0 Å². The summed E-state index contributed by atoms with van der Waals surface area (Å²) >= 11 is 0. The molecule has 0 bridgehead atoms. The van der Waals surface area contributed by atoms with Crippen LogP contribution < -0.4 is 10.6 Å². The first kappa shape index (κ1) is 24.4. The third kappa shape index (κ3) is 8.60. The Bertz CT molecular complexity index is 668. The molecule has 0 saturated carbocycles. The molecule has 28 heavy (non-hydrogen) atoms. The highest BCUT2D eigenvalue weighted by Crippen LogP contribution is 2.11. The third-order valence-corrected chi connectivity index (χ3v) is 4.45. The first-order valence-electron chi connectivity index (χ1n) is 9.98. The molecule has 1 heterocycles. The van der Waals surface area contributed by atoms with E-state index in [9.17, 15) is 5.11 Å². The fourth-order valence-corrected chi connectivity index (χ4v) is 3.02. The van der Waals surface area contributed by atoms with Crippen molar-refractivity contribution >= 4 is 29.9 Å². The largest absolute Gasteiger partial charge is 0.396 e. The van der Waals surface area contributed by atoms with Crippen LogP contribution in [0.2, 0.25) is 0 Å². The van der Waals surface area contributed by atoms with Gasteiger partial charge in [-0.25, -0.2) is 4.68 Å². The summed E-state index contributed by atoms with van der Waals surface area (Å²) in [5, 5.41) is 20.3. The van der Waals surface area contributed by atoms with Crippen molar-refractivity contribution in [2.45, 2.75) is 39.5 Å². The van der Waals surface area contributed by atoms with Gasteiger partial charge in [-0.3, -0.25) is 4.99 Å². The van der Waals surface area contributed by atoms with Crippen LogP contribution in [0, 0.1) is 5.92 Å². The topological polar surface area (TPSA) is 74.5 Å². The molecule has 0 aliphatic carbocycles. The molecule has 0 radical (unpaired) electrons. The second kappa shape index (κ2) is 14.4. The fraction of sp³-hybridized carbons (Fsp3) is 0.524. The molecular formula is C21H34IN5O. The summed E-state index contributed by atoms with van der Waals surface area (Å²) in [6.07, 6.45) is 7.90. The minimum atomic E-state index is 0. The zero-order valence-corrected chi connectivity index (χ0v) is 19.3. The van der Waals surface area contributed by atoms with Gasteiger partial charge in [0.05, 0.1) is 11.9 Å². The number of hydrogen-bond donors (Lipinski definition) is 3. The Morgan fingerprint density at radius 3 is 2.64 bits per heavy atom. The molecular weight excluding hydrogens is 465 g/mol. The molecule has 7 heteroatoms. The number of aliphatic hydroxyl groups is 1. The first-order valence-corrected chi connectivity index (χ1v) is 9.98. The van der Waals surface area contributed by atoms with Gasteiger partial charge in [-0.05, 0) is 49.8 Å². The van der Waals surface area contributed by atoms with Gasteiger partial charge in [0.25, 0.3) is 0 Å². The van der Waals surface area contributed by atoms with Crippen LogP contribution in [0.1, 0.15) is 38.7 Å². The van der Waals surface area contributed by atoms with Gasteiger partial charge in [-0.15, -0.1) is 24.0 Å². The molecule has 1 atom stereocenters. The van der Waals surface area contributed by atoms with Gasteiger partial charge in [0.15, 0.2) is 5.96 Å². The van der Waals surface area contributed by atoms with Crippen LogP contribution in [0.4, 0.5) is 0 Å². The Kier molecular flexibility index (Phi) is 12.6. The normalized spacial score (nSPS) is 12.3. The highest BCUT2D eigenvalue weighted by atomic mass is 127. The average molecular weight is 499 g/mol. The molecule has 0 saturated heterocycles. The third-order valence-electron chi connectivity index (χ3n) is 4.45.